The third-order valence-electron chi connectivity index (χ3n) is 8.44. The molecule has 4 aromatic rings. The van der Waals surface area contributed by atoms with Gasteiger partial charge in [-0.05, 0) is 55.5 Å². The molecule has 43 heavy (non-hydrogen) atoms. The van der Waals surface area contributed by atoms with Gasteiger partial charge in [0, 0.05) is 41.8 Å². The van der Waals surface area contributed by atoms with Crippen LogP contribution in [0.15, 0.2) is 72.8 Å². The first kappa shape index (κ1) is 28.4. The number of phenols is 1. The Hall–Kier alpha value is -4.73. The highest BCUT2D eigenvalue weighted by Crippen LogP contribution is 2.33. The Labute approximate surface area is 250 Å². The maximum Gasteiger partial charge on any atom is 0.270 e. The maximum absolute atomic E-state index is 13.2. The van der Waals surface area contributed by atoms with Crippen molar-refractivity contribution in [3.05, 3.63) is 88.5 Å². The molecule has 2 fully saturated rings. The molecule has 3 aromatic carbocycles. The topological polar surface area (TPSA) is 124 Å². The number of amides is 1. The van der Waals surface area contributed by atoms with E-state index in [1.165, 1.54) is 25.0 Å². The van der Waals surface area contributed by atoms with E-state index in [0.717, 1.165) is 37.7 Å². The molecule has 10 heteroatoms. The van der Waals surface area contributed by atoms with Crippen molar-refractivity contribution in [2.75, 3.05) is 6.61 Å². The predicted molar refractivity (Wildman–Crippen MR) is 161 cm³/mol. The normalized spacial score (nSPS) is 15.3. The third-order valence-corrected chi connectivity index (χ3v) is 8.44. The second-order valence-electron chi connectivity index (χ2n) is 11.4. The number of benzene rings is 3. The second kappa shape index (κ2) is 12.6. The van der Waals surface area contributed by atoms with Crippen molar-refractivity contribution in [3.8, 4) is 34.3 Å². The molecule has 1 N–H and O–H groups in total. The number of hydrogen-bond acceptors (Lipinski definition) is 7. The van der Waals surface area contributed by atoms with Crippen LogP contribution in [-0.2, 0) is 17.9 Å². The van der Waals surface area contributed by atoms with Gasteiger partial charge in [0.2, 0.25) is 5.91 Å². The average Bonchev–Trinajstić information content (AvgIpc) is 3.67. The summed E-state index contributed by atoms with van der Waals surface area (Å²) < 4.78 is 7.72. The molecule has 0 atom stereocenters. The van der Waals surface area contributed by atoms with Gasteiger partial charge in [-0.2, -0.15) is 5.10 Å². The molecule has 0 radical (unpaired) electrons. The summed E-state index contributed by atoms with van der Waals surface area (Å²) in [4.78, 5) is 30.9. The number of aromatic nitrogens is 3. The van der Waals surface area contributed by atoms with E-state index in [9.17, 15) is 20.0 Å². The zero-order valence-corrected chi connectivity index (χ0v) is 24.0. The van der Waals surface area contributed by atoms with Crippen LogP contribution in [0.25, 0.3) is 22.8 Å². The van der Waals surface area contributed by atoms with Gasteiger partial charge in [0.1, 0.15) is 18.1 Å². The van der Waals surface area contributed by atoms with Gasteiger partial charge in [0.05, 0.1) is 11.5 Å². The fourth-order valence-corrected chi connectivity index (χ4v) is 5.87. The first-order valence-electron chi connectivity index (χ1n) is 15.0. The number of rotatable bonds is 11. The van der Waals surface area contributed by atoms with Crippen LogP contribution in [0, 0.1) is 16.0 Å². The monoisotopic (exact) mass is 581 g/mol. The van der Waals surface area contributed by atoms with Gasteiger partial charge in [-0.25, -0.2) is 9.67 Å². The minimum absolute atomic E-state index is 0.0387. The molecule has 2 aliphatic rings. The summed E-state index contributed by atoms with van der Waals surface area (Å²) in [6.45, 7) is 1.26. The third kappa shape index (κ3) is 6.53. The fourth-order valence-electron chi connectivity index (χ4n) is 5.87. The van der Waals surface area contributed by atoms with Crippen LogP contribution in [0.2, 0.25) is 0 Å². The van der Waals surface area contributed by atoms with Crippen LogP contribution >= 0.6 is 0 Å². The Kier molecular flexibility index (Phi) is 8.35. The number of carbonyl (C=O) groups excluding carboxylic acids is 1. The molecule has 1 heterocycles. The molecule has 1 aromatic heterocycles. The van der Waals surface area contributed by atoms with Gasteiger partial charge in [-0.3, -0.25) is 14.9 Å². The summed E-state index contributed by atoms with van der Waals surface area (Å²) in [6, 6.07) is 21.2. The molecular weight excluding hydrogens is 546 g/mol. The molecule has 2 saturated carbocycles. The quantitative estimate of drug-likeness (QED) is 0.161. The molecule has 0 bridgehead atoms. The zero-order chi connectivity index (χ0) is 29.8. The lowest BCUT2D eigenvalue weighted by molar-refractivity contribution is -0.384. The lowest BCUT2D eigenvalue weighted by Gasteiger charge is -2.35. The SMILES string of the molecule is O=C(C1CCC1)N(Cc1ccc(OCCn2nc(-c3cccc(O)c3)nc2-c2cccc([N+](=O)[O-])c2)cc1)C1CCCC1. The Balaban J connectivity index is 1.15. The van der Waals surface area contributed by atoms with E-state index in [1.54, 1.807) is 41.1 Å². The van der Waals surface area contributed by atoms with Crippen LogP contribution in [0.4, 0.5) is 5.69 Å². The Bertz CT molecular complexity index is 1590. The summed E-state index contributed by atoms with van der Waals surface area (Å²) in [7, 11) is 0. The van der Waals surface area contributed by atoms with Gasteiger partial charge in [-0.1, -0.05) is 55.7 Å². The summed E-state index contributed by atoms with van der Waals surface area (Å²) in [5, 5.41) is 26.0. The molecule has 0 unspecified atom stereocenters. The maximum atomic E-state index is 13.2. The standard InChI is InChI=1S/C33H35N5O5/c39-29-13-5-8-25(21-29)31-34-32(26-9-4-12-28(20-26)38(41)42)37(35-31)18-19-43-30-16-14-23(15-17-30)22-36(27-10-1-2-11-27)33(40)24-6-3-7-24/h4-5,8-9,12-17,20-21,24,27,39H,1-3,6-7,10-11,18-19,22H2. The zero-order valence-electron chi connectivity index (χ0n) is 24.0. The van der Waals surface area contributed by atoms with E-state index >= 15 is 0 Å². The number of hydrogen-bond donors (Lipinski definition) is 1. The Morgan fingerprint density at radius 3 is 2.42 bits per heavy atom. The first-order valence-corrected chi connectivity index (χ1v) is 15.0. The van der Waals surface area contributed by atoms with Crippen molar-refractivity contribution < 1.29 is 19.6 Å². The summed E-state index contributed by atoms with van der Waals surface area (Å²) >= 11 is 0. The second-order valence-corrected chi connectivity index (χ2v) is 11.4. The number of phenolic OH excluding ortho intramolecular Hbond substituents is 1. The predicted octanol–water partition coefficient (Wildman–Crippen LogP) is 6.38. The molecule has 0 spiro atoms. The minimum atomic E-state index is -0.441. The lowest BCUT2D eigenvalue weighted by Crippen LogP contribution is -2.43. The van der Waals surface area contributed by atoms with Crippen LogP contribution in [0.1, 0.15) is 50.5 Å². The average molecular weight is 582 g/mol. The summed E-state index contributed by atoms with van der Waals surface area (Å²) in [5.41, 5.74) is 2.24. The number of ether oxygens (including phenoxy) is 1. The first-order chi connectivity index (χ1) is 20.9. The van der Waals surface area contributed by atoms with Crippen molar-refractivity contribution in [2.45, 2.75) is 64.1 Å². The molecule has 6 rings (SSSR count). The van der Waals surface area contributed by atoms with Crippen LogP contribution in [-0.4, -0.2) is 48.3 Å². The molecule has 0 aliphatic heterocycles. The van der Waals surface area contributed by atoms with Gasteiger partial charge in [0.25, 0.3) is 5.69 Å². The number of non-ortho nitro benzene ring substituents is 1. The van der Waals surface area contributed by atoms with Crippen molar-refractivity contribution in [1.29, 1.82) is 0 Å². The summed E-state index contributed by atoms with van der Waals surface area (Å²) in [5.74, 6) is 2.16. The molecule has 2 aliphatic carbocycles. The van der Waals surface area contributed by atoms with Gasteiger partial charge < -0.3 is 14.7 Å². The molecule has 1 amide bonds. The van der Waals surface area contributed by atoms with Gasteiger partial charge in [-0.15, -0.1) is 0 Å². The van der Waals surface area contributed by atoms with Crippen LogP contribution in [0.5, 0.6) is 11.5 Å². The highest BCUT2D eigenvalue weighted by molar-refractivity contribution is 5.80. The van der Waals surface area contributed by atoms with Crippen molar-refractivity contribution >= 4 is 11.6 Å². The Morgan fingerprint density at radius 1 is 0.977 bits per heavy atom. The van der Waals surface area contributed by atoms with E-state index in [4.69, 9.17) is 4.74 Å². The van der Waals surface area contributed by atoms with E-state index < -0.39 is 4.92 Å². The minimum Gasteiger partial charge on any atom is -0.508 e. The van der Waals surface area contributed by atoms with Crippen molar-refractivity contribution in [1.82, 2.24) is 19.7 Å². The number of carbonyl (C=O) groups is 1. The molecule has 10 nitrogen and oxygen atoms in total. The van der Waals surface area contributed by atoms with E-state index in [0.29, 0.717) is 60.2 Å². The van der Waals surface area contributed by atoms with Crippen LogP contribution in [0.3, 0.4) is 0 Å². The number of nitrogens with zero attached hydrogens (tertiary/aromatic N) is 5. The molecule has 0 saturated heterocycles. The summed E-state index contributed by atoms with van der Waals surface area (Å²) in [6.07, 6.45) is 7.74. The lowest BCUT2D eigenvalue weighted by atomic mass is 9.84. The number of aromatic hydroxyl groups is 1. The van der Waals surface area contributed by atoms with Gasteiger partial charge in [0.15, 0.2) is 11.6 Å². The fraction of sp³-hybridized carbons (Fsp3) is 0.364. The largest absolute Gasteiger partial charge is 0.508 e. The highest BCUT2D eigenvalue weighted by Gasteiger charge is 2.34. The van der Waals surface area contributed by atoms with Crippen molar-refractivity contribution in [3.63, 3.8) is 0 Å². The Morgan fingerprint density at radius 2 is 1.72 bits per heavy atom. The highest BCUT2D eigenvalue weighted by atomic mass is 16.6. The van der Waals surface area contributed by atoms with E-state index in [-0.39, 0.29) is 17.4 Å². The van der Waals surface area contributed by atoms with Crippen molar-refractivity contribution in [2.24, 2.45) is 5.92 Å². The van der Waals surface area contributed by atoms with E-state index in [2.05, 4.69) is 15.0 Å². The number of nitro groups is 1. The number of nitro benzene ring substituents is 1. The molecular formula is C33H35N5O5. The molecule has 222 valence electrons. The van der Waals surface area contributed by atoms with Gasteiger partial charge >= 0.3 is 0 Å². The smallest absolute Gasteiger partial charge is 0.270 e. The van der Waals surface area contributed by atoms with E-state index in [1.807, 2.05) is 24.3 Å². The van der Waals surface area contributed by atoms with Crippen LogP contribution < -0.4 is 4.74 Å².